The van der Waals surface area contributed by atoms with Crippen LogP contribution >= 0.6 is 0 Å². The van der Waals surface area contributed by atoms with Crippen LogP contribution in [0.3, 0.4) is 0 Å². The number of hydrogen-bond acceptors (Lipinski definition) is 11. The molecule has 0 saturated carbocycles. The van der Waals surface area contributed by atoms with Gasteiger partial charge in [-0.3, -0.25) is 19.2 Å². The van der Waals surface area contributed by atoms with Crippen molar-refractivity contribution in [2.45, 2.75) is 64.8 Å². The molecule has 1 fully saturated rings. The first-order chi connectivity index (χ1) is 15.5. The third kappa shape index (κ3) is 5.25. The van der Waals surface area contributed by atoms with Gasteiger partial charge in [0.15, 0.2) is 19.0 Å². The van der Waals surface area contributed by atoms with E-state index < -0.39 is 54.1 Å². The van der Waals surface area contributed by atoms with Gasteiger partial charge in [-0.15, -0.1) is 0 Å². The van der Waals surface area contributed by atoms with E-state index in [9.17, 15) is 19.2 Å². The molecule has 0 aliphatic carbocycles. The third-order valence-electron chi connectivity index (χ3n) is 5.04. The Hall–Kier alpha value is -3.18. The normalized spacial score (nSPS) is 28.2. The monoisotopic (exact) mass is 466 g/mol. The molecular formula is C22H26O11. The minimum absolute atomic E-state index is 0.279. The van der Waals surface area contributed by atoms with Crippen LogP contribution < -0.4 is 4.74 Å². The fourth-order valence-corrected chi connectivity index (χ4v) is 3.90. The van der Waals surface area contributed by atoms with E-state index in [1.54, 1.807) is 12.1 Å². The summed E-state index contributed by atoms with van der Waals surface area (Å²) in [6.07, 6.45) is -5.15. The summed E-state index contributed by atoms with van der Waals surface area (Å²) in [6, 6.07) is 5.22. The van der Waals surface area contributed by atoms with Crippen LogP contribution in [0.1, 0.15) is 38.8 Å². The minimum atomic E-state index is -1.81. The Bertz CT molecular complexity index is 942. The van der Waals surface area contributed by atoms with Crippen LogP contribution in [0.15, 0.2) is 18.2 Å². The van der Waals surface area contributed by atoms with Crippen molar-refractivity contribution in [3.63, 3.8) is 0 Å². The van der Waals surface area contributed by atoms with E-state index in [4.69, 9.17) is 33.2 Å². The molecule has 0 radical (unpaired) electrons. The largest absolute Gasteiger partial charge is 0.467 e. The van der Waals surface area contributed by atoms with Crippen LogP contribution in [0.5, 0.6) is 5.75 Å². The number of carbonyl (C=O) groups is 4. The van der Waals surface area contributed by atoms with Gasteiger partial charge >= 0.3 is 23.9 Å². The number of rotatable bonds is 5. The van der Waals surface area contributed by atoms with Gasteiger partial charge in [0.05, 0.1) is 5.56 Å². The summed E-state index contributed by atoms with van der Waals surface area (Å²) in [7, 11) is 0. The van der Waals surface area contributed by atoms with Crippen LogP contribution in [0.2, 0.25) is 0 Å². The summed E-state index contributed by atoms with van der Waals surface area (Å²) < 4.78 is 39.3. The highest BCUT2D eigenvalue weighted by molar-refractivity contribution is 5.69. The first kappa shape index (κ1) is 24.5. The number of esters is 4. The van der Waals surface area contributed by atoms with Crippen molar-refractivity contribution in [1.82, 2.24) is 0 Å². The van der Waals surface area contributed by atoms with Crippen molar-refractivity contribution in [1.29, 1.82) is 0 Å². The molecule has 0 amide bonds. The van der Waals surface area contributed by atoms with E-state index in [2.05, 4.69) is 0 Å². The first-order valence-corrected chi connectivity index (χ1v) is 10.2. The molecule has 1 aromatic carbocycles. The molecule has 11 heteroatoms. The van der Waals surface area contributed by atoms with Crippen LogP contribution in [-0.2, 0) is 53.4 Å². The van der Waals surface area contributed by atoms with E-state index in [0.29, 0.717) is 11.3 Å². The van der Waals surface area contributed by atoms with Gasteiger partial charge in [-0.25, -0.2) is 0 Å². The molecule has 1 saturated heterocycles. The summed E-state index contributed by atoms with van der Waals surface area (Å²) in [4.78, 5) is 47.5. The predicted molar refractivity (Wildman–Crippen MR) is 108 cm³/mol. The maximum absolute atomic E-state index is 12.1. The summed E-state index contributed by atoms with van der Waals surface area (Å²) in [5.41, 5.74) is 1.18. The summed E-state index contributed by atoms with van der Waals surface area (Å²) in [5, 5.41) is 0. The Labute approximate surface area is 190 Å². The predicted octanol–water partition coefficient (Wildman–Crippen LogP) is 1.27. The lowest BCUT2D eigenvalue weighted by Crippen LogP contribution is -2.68. The fourth-order valence-electron chi connectivity index (χ4n) is 3.90. The van der Waals surface area contributed by atoms with Crippen LogP contribution in [0.25, 0.3) is 0 Å². The molecule has 2 aliphatic heterocycles. The average molecular weight is 466 g/mol. The van der Waals surface area contributed by atoms with Crippen LogP contribution in [0.4, 0.5) is 0 Å². The van der Waals surface area contributed by atoms with E-state index in [1.807, 2.05) is 13.0 Å². The van der Waals surface area contributed by atoms with Crippen molar-refractivity contribution in [3.8, 4) is 5.75 Å². The van der Waals surface area contributed by atoms with Gasteiger partial charge in [-0.1, -0.05) is 11.6 Å². The standard InChI is InChI=1S/C22H26O11/c1-11-6-7-17-16(8-11)22(29-10-28-17)21(32-15(5)26)20(31-14(4)25)19(30-13(3)24)18(33-22)9-27-12(2)23/h6-8,18-21H,9-10H2,1-5H3/t18-,19-,20+,21-,22+/m1/s1. The average Bonchev–Trinajstić information content (AvgIpc) is 2.71. The molecule has 180 valence electrons. The summed E-state index contributed by atoms with van der Waals surface area (Å²) in [5.74, 6) is -4.19. The van der Waals surface area contributed by atoms with Crippen molar-refractivity contribution in [2.75, 3.05) is 13.4 Å². The van der Waals surface area contributed by atoms with Crippen molar-refractivity contribution in [3.05, 3.63) is 29.3 Å². The fraction of sp³-hybridized carbons (Fsp3) is 0.545. The number of ether oxygens (including phenoxy) is 7. The van der Waals surface area contributed by atoms with E-state index >= 15 is 0 Å². The molecule has 0 unspecified atom stereocenters. The van der Waals surface area contributed by atoms with Gasteiger partial charge in [0, 0.05) is 27.7 Å². The Balaban J connectivity index is 2.20. The van der Waals surface area contributed by atoms with Gasteiger partial charge in [-0.05, 0) is 19.1 Å². The SMILES string of the molecule is CC(=O)OC[C@H]1O[C@]2(OCOc3ccc(C)cc32)[C@H](OC(C)=O)[C@@H](OC(C)=O)[C@@H]1OC(C)=O. The highest BCUT2D eigenvalue weighted by Crippen LogP contribution is 2.48. The highest BCUT2D eigenvalue weighted by atomic mass is 16.8. The number of benzene rings is 1. The molecule has 1 aromatic rings. The second-order valence-corrected chi connectivity index (χ2v) is 7.71. The van der Waals surface area contributed by atoms with Gasteiger partial charge in [0.25, 0.3) is 0 Å². The zero-order valence-corrected chi connectivity index (χ0v) is 18.9. The van der Waals surface area contributed by atoms with E-state index in [0.717, 1.165) is 19.4 Å². The van der Waals surface area contributed by atoms with Crippen molar-refractivity contribution >= 4 is 23.9 Å². The molecule has 11 nitrogen and oxygen atoms in total. The number of aryl methyl sites for hydroxylation is 1. The molecule has 2 heterocycles. The van der Waals surface area contributed by atoms with Gasteiger partial charge < -0.3 is 33.2 Å². The van der Waals surface area contributed by atoms with Crippen LogP contribution in [-0.4, -0.2) is 61.7 Å². The topological polar surface area (TPSA) is 133 Å². The quantitative estimate of drug-likeness (QED) is 0.459. The maximum Gasteiger partial charge on any atom is 0.303 e. The lowest BCUT2D eigenvalue weighted by Gasteiger charge is -2.52. The molecule has 3 rings (SSSR count). The lowest BCUT2D eigenvalue weighted by molar-refractivity contribution is -0.390. The number of carbonyl (C=O) groups excluding carboxylic acids is 4. The maximum atomic E-state index is 12.1. The first-order valence-electron chi connectivity index (χ1n) is 10.2. The molecule has 1 spiro atoms. The van der Waals surface area contributed by atoms with E-state index in [-0.39, 0.29) is 13.4 Å². The highest BCUT2D eigenvalue weighted by Gasteiger charge is 2.63. The van der Waals surface area contributed by atoms with Gasteiger partial charge in [0.2, 0.25) is 11.9 Å². The summed E-state index contributed by atoms with van der Waals surface area (Å²) >= 11 is 0. The molecule has 0 aromatic heterocycles. The molecule has 33 heavy (non-hydrogen) atoms. The molecule has 0 bridgehead atoms. The molecule has 2 aliphatic rings. The van der Waals surface area contributed by atoms with Crippen LogP contribution in [0, 0.1) is 6.92 Å². The Morgan fingerprint density at radius 2 is 1.58 bits per heavy atom. The van der Waals surface area contributed by atoms with Gasteiger partial charge in [-0.2, -0.15) is 0 Å². The zero-order chi connectivity index (χ0) is 24.3. The molecule has 0 N–H and O–H groups in total. The second kappa shape index (κ2) is 9.75. The number of fused-ring (bicyclic) bond motifs is 2. The summed E-state index contributed by atoms with van der Waals surface area (Å²) in [6.45, 7) is 5.87. The zero-order valence-electron chi connectivity index (χ0n) is 18.9. The number of hydrogen-bond donors (Lipinski definition) is 0. The molecule has 5 atom stereocenters. The van der Waals surface area contributed by atoms with Crippen molar-refractivity contribution in [2.24, 2.45) is 0 Å². The van der Waals surface area contributed by atoms with Gasteiger partial charge in [0.1, 0.15) is 18.5 Å². The third-order valence-corrected chi connectivity index (χ3v) is 5.04. The Morgan fingerprint density at radius 3 is 2.18 bits per heavy atom. The second-order valence-electron chi connectivity index (χ2n) is 7.71. The van der Waals surface area contributed by atoms with E-state index in [1.165, 1.54) is 13.8 Å². The Morgan fingerprint density at radius 1 is 0.939 bits per heavy atom. The van der Waals surface area contributed by atoms with Crippen molar-refractivity contribution < 1.29 is 52.3 Å². The smallest absolute Gasteiger partial charge is 0.303 e. The minimum Gasteiger partial charge on any atom is -0.467 e. The molecular weight excluding hydrogens is 440 g/mol. The lowest BCUT2D eigenvalue weighted by atomic mass is 9.86. The Kier molecular flexibility index (Phi) is 7.23.